The molecular formula is C12H19N3O2. The van der Waals surface area contributed by atoms with Crippen LogP contribution in [0.15, 0.2) is 12.4 Å². The first-order valence-electron chi connectivity index (χ1n) is 6.13. The predicted octanol–water partition coefficient (Wildman–Crippen LogP) is 0.797. The summed E-state index contributed by atoms with van der Waals surface area (Å²) < 4.78 is 1.62. The molecule has 94 valence electrons. The average molecular weight is 237 g/mol. The summed E-state index contributed by atoms with van der Waals surface area (Å²) in [5.74, 6) is -0.0148. The van der Waals surface area contributed by atoms with Crippen molar-refractivity contribution in [2.75, 3.05) is 13.2 Å². The fourth-order valence-electron chi connectivity index (χ4n) is 2.33. The third-order valence-electron chi connectivity index (χ3n) is 3.30. The first kappa shape index (κ1) is 12.1. The van der Waals surface area contributed by atoms with E-state index in [2.05, 4.69) is 5.10 Å². The second kappa shape index (κ2) is 5.31. The molecular weight excluding hydrogens is 218 g/mol. The molecule has 1 amide bonds. The summed E-state index contributed by atoms with van der Waals surface area (Å²) in [5.41, 5.74) is 0.604. The van der Waals surface area contributed by atoms with Crippen LogP contribution in [0.25, 0.3) is 0 Å². The Morgan fingerprint density at radius 2 is 2.35 bits per heavy atom. The monoisotopic (exact) mass is 237 g/mol. The Bertz CT molecular complexity index is 389. The number of carbonyl (C=O) groups excluding carboxylic acids is 1. The standard InChI is InChI=1S/C12H19N3O2/c1-14-8-10(7-13-14)12(17)15-6-4-2-3-5-11(15)9-16/h7-8,11,16H,2-6,9H2,1H3. The Kier molecular flexibility index (Phi) is 3.78. The van der Waals surface area contributed by atoms with Gasteiger partial charge in [-0.2, -0.15) is 5.10 Å². The highest BCUT2D eigenvalue weighted by molar-refractivity contribution is 5.94. The number of aliphatic hydroxyl groups excluding tert-OH is 1. The van der Waals surface area contributed by atoms with Crippen molar-refractivity contribution < 1.29 is 9.90 Å². The zero-order chi connectivity index (χ0) is 12.3. The minimum Gasteiger partial charge on any atom is -0.394 e. The molecule has 1 aromatic rings. The number of carbonyl (C=O) groups is 1. The molecule has 1 fully saturated rings. The normalized spacial score (nSPS) is 21.3. The lowest BCUT2D eigenvalue weighted by molar-refractivity contribution is 0.0599. The van der Waals surface area contributed by atoms with Gasteiger partial charge in [-0.15, -0.1) is 0 Å². The number of nitrogens with zero attached hydrogens (tertiary/aromatic N) is 3. The second-order valence-electron chi connectivity index (χ2n) is 4.59. The van der Waals surface area contributed by atoms with Crippen molar-refractivity contribution in [3.8, 4) is 0 Å². The van der Waals surface area contributed by atoms with Gasteiger partial charge in [0.2, 0.25) is 0 Å². The minimum atomic E-state index is -0.0368. The van der Waals surface area contributed by atoms with Crippen molar-refractivity contribution in [2.45, 2.75) is 31.7 Å². The molecule has 5 heteroatoms. The number of amides is 1. The van der Waals surface area contributed by atoms with Crippen LogP contribution < -0.4 is 0 Å². The molecule has 5 nitrogen and oxygen atoms in total. The van der Waals surface area contributed by atoms with E-state index in [1.165, 1.54) is 0 Å². The summed E-state index contributed by atoms with van der Waals surface area (Å²) in [6, 6.07) is -0.0368. The number of aryl methyl sites for hydroxylation is 1. The maximum absolute atomic E-state index is 12.3. The smallest absolute Gasteiger partial charge is 0.257 e. The van der Waals surface area contributed by atoms with E-state index in [-0.39, 0.29) is 18.6 Å². The van der Waals surface area contributed by atoms with E-state index in [0.29, 0.717) is 5.56 Å². The highest BCUT2D eigenvalue weighted by Gasteiger charge is 2.26. The van der Waals surface area contributed by atoms with Crippen molar-refractivity contribution in [2.24, 2.45) is 7.05 Å². The Morgan fingerprint density at radius 3 is 3.00 bits per heavy atom. The van der Waals surface area contributed by atoms with Crippen LogP contribution >= 0.6 is 0 Å². The zero-order valence-electron chi connectivity index (χ0n) is 10.2. The maximum atomic E-state index is 12.3. The molecule has 2 heterocycles. The van der Waals surface area contributed by atoms with E-state index in [9.17, 15) is 9.90 Å². The Hall–Kier alpha value is -1.36. The SMILES string of the molecule is Cn1cc(C(=O)N2CCCCCC2CO)cn1. The van der Waals surface area contributed by atoms with Gasteiger partial charge in [0.05, 0.1) is 24.4 Å². The van der Waals surface area contributed by atoms with E-state index in [1.54, 1.807) is 29.0 Å². The molecule has 1 unspecified atom stereocenters. The van der Waals surface area contributed by atoms with Crippen molar-refractivity contribution in [3.05, 3.63) is 18.0 Å². The van der Waals surface area contributed by atoms with Crippen molar-refractivity contribution in [1.29, 1.82) is 0 Å². The fraction of sp³-hybridized carbons (Fsp3) is 0.667. The number of rotatable bonds is 2. The first-order valence-corrected chi connectivity index (χ1v) is 6.13. The van der Waals surface area contributed by atoms with Gasteiger partial charge in [0.15, 0.2) is 0 Å². The highest BCUT2D eigenvalue weighted by Crippen LogP contribution is 2.18. The van der Waals surface area contributed by atoms with E-state index < -0.39 is 0 Å². The van der Waals surface area contributed by atoms with Crippen molar-refractivity contribution >= 4 is 5.91 Å². The molecule has 1 aliphatic heterocycles. The first-order chi connectivity index (χ1) is 8.22. The molecule has 2 rings (SSSR count). The van der Waals surface area contributed by atoms with Gasteiger partial charge in [0.25, 0.3) is 5.91 Å². The lowest BCUT2D eigenvalue weighted by atomic mass is 10.1. The number of hydrogen-bond donors (Lipinski definition) is 1. The molecule has 0 bridgehead atoms. The van der Waals surface area contributed by atoms with Gasteiger partial charge in [-0.05, 0) is 12.8 Å². The van der Waals surface area contributed by atoms with Crippen LogP contribution in [0.5, 0.6) is 0 Å². The van der Waals surface area contributed by atoms with Crippen LogP contribution in [0.3, 0.4) is 0 Å². The van der Waals surface area contributed by atoms with Crippen LogP contribution in [0.4, 0.5) is 0 Å². The molecule has 1 aromatic heterocycles. The average Bonchev–Trinajstić information content (AvgIpc) is 2.64. The molecule has 17 heavy (non-hydrogen) atoms. The number of hydrogen-bond acceptors (Lipinski definition) is 3. The predicted molar refractivity (Wildman–Crippen MR) is 63.6 cm³/mol. The van der Waals surface area contributed by atoms with E-state index in [4.69, 9.17) is 0 Å². The third kappa shape index (κ3) is 2.66. The summed E-state index contributed by atoms with van der Waals surface area (Å²) in [6.45, 7) is 0.783. The lowest BCUT2D eigenvalue weighted by Gasteiger charge is -2.28. The van der Waals surface area contributed by atoms with Gasteiger partial charge in [0.1, 0.15) is 0 Å². The topological polar surface area (TPSA) is 58.4 Å². The molecule has 1 saturated heterocycles. The molecule has 0 spiro atoms. The molecule has 0 saturated carbocycles. The van der Waals surface area contributed by atoms with Crippen LogP contribution in [0.1, 0.15) is 36.0 Å². The van der Waals surface area contributed by atoms with Crippen molar-refractivity contribution in [3.63, 3.8) is 0 Å². The lowest BCUT2D eigenvalue weighted by Crippen LogP contribution is -2.42. The van der Waals surface area contributed by atoms with Gasteiger partial charge < -0.3 is 10.0 Å². The van der Waals surface area contributed by atoms with E-state index in [1.807, 2.05) is 0 Å². The van der Waals surface area contributed by atoms with Crippen molar-refractivity contribution in [1.82, 2.24) is 14.7 Å². The van der Waals surface area contributed by atoms with Gasteiger partial charge in [-0.25, -0.2) is 0 Å². The molecule has 1 aliphatic rings. The molecule has 1 N–H and O–H groups in total. The molecule has 0 aromatic carbocycles. The number of aliphatic hydroxyl groups is 1. The third-order valence-corrected chi connectivity index (χ3v) is 3.30. The van der Waals surface area contributed by atoms with Gasteiger partial charge in [-0.1, -0.05) is 12.8 Å². The molecule has 0 aliphatic carbocycles. The Labute approximate surface area is 101 Å². The van der Waals surface area contributed by atoms with Crippen LogP contribution in [0, 0.1) is 0 Å². The molecule has 0 radical (unpaired) electrons. The van der Waals surface area contributed by atoms with E-state index in [0.717, 1.165) is 32.2 Å². The highest BCUT2D eigenvalue weighted by atomic mass is 16.3. The van der Waals surface area contributed by atoms with Gasteiger partial charge in [-0.3, -0.25) is 9.48 Å². The summed E-state index contributed by atoms with van der Waals surface area (Å²) in [6.07, 6.45) is 7.43. The van der Waals surface area contributed by atoms with Crippen LogP contribution in [-0.4, -0.2) is 44.9 Å². The summed E-state index contributed by atoms with van der Waals surface area (Å²) in [5, 5.41) is 13.4. The molecule has 1 atom stereocenters. The van der Waals surface area contributed by atoms with Gasteiger partial charge in [0, 0.05) is 19.8 Å². The zero-order valence-corrected chi connectivity index (χ0v) is 10.2. The number of aromatic nitrogens is 2. The summed E-state index contributed by atoms with van der Waals surface area (Å²) >= 11 is 0. The van der Waals surface area contributed by atoms with Gasteiger partial charge >= 0.3 is 0 Å². The number of likely N-dealkylation sites (tertiary alicyclic amines) is 1. The van der Waals surface area contributed by atoms with Crippen LogP contribution in [-0.2, 0) is 7.05 Å². The maximum Gasteiger partial charge on any atom is 0.257 e. The van der Waals surface area contributed by atoms with Crippen LogP contribution in [0.2, 0.25) is 0 Å². The Morgan fingerprint density at radius 1 is 1.53 bits per heavy atom. The fourth-order valence-corrected chi connectivity index (χ4v) is 2.33. The Balaban J connectivity index is 2.15. The summed E-state index contributed by atoms with van der Waals surface area (Å²) in [7, 11) is 1.79. The quantitative estimate of drug-likeness (QED) is 0.827. The minimum absolute atomic E-state index is 0.0148. The summed E-state index contributed by atoms with van der Waals surface area (Å²) in [4.78, 5) is 14.1. The van der Waals surface area contributed by atoms with E-state index >= 15 is 0 Å². The largest absolute Gasteiger partial charge is 0.394 e. The second-order valence-corrected chi connectivity index (χ2v) is 4.59.